The Labute approximate surface area is 207 Å². The molecule has 3 amide bonds. The predicted molar refractivity (Wildman–Crippen MR) is 135 cm³/mol. The Balaban J connectivity index is 1.34. The van der Waals surface area contributed by atoms with Crippen LogP contribution in [-0.2, 0) is 16.0 Å². The summed E-state index contributed by atoms with van der Waals surface area (Å²) in [5.41, 5.74) is 3.32. The summed E-state index contributed by atoms with van der Waals surface area (Å²) in [5, 5.41) is 3.30. The standard InChI is InChI=1S/C26H26N2O6S/c1-4-33-20-8-6-17(12-22(20)32-3)13-23-25(30)28(26(31)35-23)10-9-27-24(29)14-18-15-34-21-11-16(2)5-7-19(18)21/h5-8,11-13,15H,4,9-10,14H2,1-3H3,(H,27,29). The average molecular weight is 495 g/mol. The van der Waals surface area contributed by atoms with Gasteiger partial charge in [-0.3, -0.25) is 19.3 Å². The van der Waals surface area contributed by atoms with Crippen molar-refractivity contribution < 1.29 is 28.3 Å². The Bertz CT molecular complexity index is 1310. The molecule has 4 rings (SSSR count). The molecule has 1 fully saturated rings. The number of carbonyl (C=O) groups is 3. The first-order valence-corrected chi connectivity index (χ1v) is 12.0. The highest BCUT2D eigenvalue weighted by atomic mass is 32.2. The number of amides is 3. The fraction of sp³-hybridized carbons (Fsp3) is 0.269. The maximum Gasteiger partial charge on any atom is 0.293 e. The van der Waals surface area contributed by atoms with E-state index in [1.807, 2.05) is 32.0 Å². The molecular formula is C26H26N2O6S. The summed E-state index contributed by atoms with van der Waals surface area (Å²) in [5.74, 6) is 0.549. The van der Waals surface area contributed by atoms with Crippen molar-refractivity contribution in [2.24, 2.45) is 0 Å². The van der Waals surface area contributed by atoms with E-state index in [0.717, 1.165) is 38.8 Å². The number of carbonyl (C=O) groups excluding carboxylic acids is 3. The van der Waals surface area contributed by atoms with Gasteiger partial charge in [0.25, 0.3) is 11.1 Å². The highest BCUT2D eigenvalue weighted by molar-refractivity contribution is 8.18. The lowest BCUT2D eigenvalue weighted by Gasteiger charge is -2.13. The molecule has 0 saturated carbocycles. The van der Waals surface area contributed by atoms with Crippen LogP contribution in [0, 0.1) is 6.92 Å². The highest BCUT2D eigenvalue weighted by Crippen LogP contribution is 2.34. The summed E-state index contributed by atoms with van der Waals surface area (Å²) in [6.45, 7) is 4.61. The molecule has 1 N–H and O–H groups in total. The minimum atomic E-state index is -0.390. The minimum Gasteiger partial charge on any atom is -0.493 e. The third kappa shape index (κ3) is 5.51. The lowest BCUT2D eigenvalue weighted by molar-refractivity contribution is -0.124. The number of hydrogen-bond donors (Lipinski definition) is 1. The number of aryl methyl sites for hydroxylation is 1. The van der Waals surface area contributed by atoms with E-state index in [-0.39, 0.29) is 30.7 Å². The summed E-state index contributed by atoms with van der Waals surface area (Å²) in [7, 11) is 1.54. The molecule has 9 heteroatoms. The summed E-state index contributed by atoms with van der Waals surface area (Å²) in [6.07, 6.45) is 3.38. The second-order valence-electron chi connectivity index (χ2n) is 7.96. The van der Waals surface area contributed by atoms with Gasteiger partial charge in [0.15, 0.2) is 11.5 Å². The van der Waals surface area contributed by atoms with Crippen LogP contribution < -0.4 is 14.8 Å². The molecule has 0 unspecified atom stereocenters. The Morgan fingerprint density at radius 1 is 1.17 bits per heavy atom. The highest BCUT2D eigenvalue weighted by Gasteiger charge is 2.34. The first-order chi connectivity index (χ1) is 16.9. The number of methoxy groups -OCH3 is 1. The SMILES string of the molecule is CCOc1ccc(C=C2SC(=O)N(CCNC(=O)Cc3coc4cc(C)ccc34)C2=O)cc1OC. The normalized spacial score (nSPS) is 14.7. The van der Waals surface area contributed by atoms with Gasteiger partial charge in [0, 0.05) is 24.0 Å². The molecule has 0 radical (unpaired) electrons. The van der Waals surface area contributed by atoms with E-state index in [2.05, 4.69) is 5.32 Å². The predicted octanol–water partition coefficient (Wildman–Crippen LogP) is 4.54. The van der Waals surface area contributed by atoms with Gasteiger partial charge in [0.2, 0.25) is 5.91 Å². The maximum absolute atomic E-state index is 12.8. The van der Waals surface area contributed by atoms with Gasteiger partial charge in [-0.2, -0.15) is 0 Å². The van der Waals surface area contributed by atoms with Crippen molar-refractivity contribution in [1.82, 2.24) is 10.2 Å². The smallest absolute Gasteiger partial charge is 0.293 e. The molecule has 1 saturated heterocycles. The number of nitrogens with one attached hydrogen (secondary N) is 1. The maximum atomic E-state index is 12.8. The average Bonchev–Trinajstić information content (AvgIpc) is 3.34. The summed E-state index contributed by atoms with van der Waals surface area (Å²) < 4.78 is 16.4. The third-order valence-electron chi connectivity index (χ3n) is 5.48. The van der Waals surface area contributed by atoms with Gasteiger partial charge < -0.3 is 19.2 Å². The van der Waals surface area contributed by atoms with Gasteiger partial charge in [-0.05, 0) is 61.0 Å². The van der Waals surface area contributed by atoms with Crippen LogP contribution in [0.3, 0.4) is 0 Å². The molecule has 1 aliphatic rings. The molecule has 0 aliphatic carbocycles. The van der Waals surface area contributed by atoms with Crippen molar-refractivity contribution >= 4 is 45.9 Å². The Kier molecular flexibility index (Phi) is 7.45. The van der Waals surface area contributed by atoms with Crippen LogP contribution >= 0.6 is 11.8 Å². The first kappa shape index (κ1) is 24.4. The second kappa shape index (κ2) is 10.7. The Morgan fingerprint density at radius 3 is 2.77 bits per heavy atom. The minimum absolute atomic E-state index is 0.0890. The van der Waals surface area contributed by atoms with Crippen LogP contribution in [0.1, 0.15) is 23.6 Å². The molecule has 35 heavy (non-hydrogen) atoms. The van der Waals surface area contributed by atoms with Crippen molar-refractivity contribution in [2.75, 3.05) is 26.8 Å². The van der Waals surface area contributed by atoms with Gasteiger partial charge in [0.05, 0.1) is 31.3 Å². The zero-order chi connectivity index (χ0) is 24.9. The van der Waals surface area contributed by atoms with E-state index in [1.54, 1.807) is 37.6 Å². The van der Waals surface area contributed by atoms with Gasteiger partial charge in [-0.25, -0.2) is 0 Å². The number of ether oxygens (including phenoxy) is 2. The zero-order valence-electron chi connectivity index (χ0n) is 19.8. The summed E-state index contributed by atoms with van der Waals surface area (Å²) >= 11 is 0.871. The number of rotatable bonds is 9. The lowest BCUT2D eigenvalue weighted by atomic mass is 10.1. The van der Waals surface area contributed by atoms with E-state index >= 15 is 0 Å². The molecule has 0 atom stereocenters. The molecular weight excluding hydrogens is 468 g/mol. The van der Waals surface area contributed by atoms with Crippen LogP contribution in [0.15, 0.2) is 52.0 Å². The van der Waals surface area contributed by atoms with Gasteiger partial charge in [0.1, 0.15) is 5.58 Å². The van der Waals surface area contributed by atoms with E-state index < -0.39 is 5.91 Å². The molecule has 2 aromatic carbocycles. The quantitative estimate of drug-likeness (QED) is 0.436. The number of fused-ring (bicyclic) bond motifs is 1. The van der Waals surface area contributed by atoms with Crippen LogP contribution in [-0.4, -0.2) is 48.8 Å². The number of hydrogen-bond acceptors (Lipinski definition) is 7. The second-order valence-corrected chi connectivity index (χ2v) is 8.96. The summed E-state index contributed by atoms with van der Waals surface area (Å²) in [6, 6.07) is 11.1. The summed E-state index contributed by atoms with van der Waals surface area (Å²) in [4.78, 5) is 39.1. The molecule has 1 aliphatic heterocycles. The van der Waals surface area contributed by atoms with Crippen molar-refractivity contribution in [3.63, 3.8) is 0 Å². The molecule has 0 bridgehead atoms. The van der Waals surface area contributed by atoms with Crippen molar-refractivity contribution in [3.8, 4) is 11.5 Å². The van der Waals surface area contributed by atoms with E-state index in [9.17, 15) is 14.4 Å². The zero-order valence-corrected chi connectivity index (χ0v) is 20.6. The fourth-order valence-corrected chi connectivity index (χ4v) is 4.63. The molecule has 1 aromatic heterocycles. The van der Waals surface area contributed by atoms with Gasteiger partial charge >= 0.3 is 0 Å². The molecule has 0 spiro atoms. The number of nitrogens with zero attached hydrogens (tertiary/aromatic N) is 1. The molecule has 182 valence electrons. The van der Waals surface area contributed by atoms with Crippen molar-refractivity contribution in [2.45, 2.75) is 20.3 Å². The number of imide groups is 1. The molecule has 2 heterocycles. The Morgan fingerprint density at radius 2 is 2.00 bits per heavy atom. The van der Waals surface area contributed by atoms with Crippen LogP contribution in [0.5, 0.6) is 11.5 Å². The lowest BCUT2D eigenvalue weighted by Crippen LogP contribution is -2.37. The molecule has 8 nitrogen and oxygen atoms in total. The topological polar surface area (TPSA) is 98.1 Å². The van der Waals surface area contributed by atoms with Crippen molar-refractivity contribution in [1.29, 1.82) is 0 Å². The van der Waals surface area contributed by atoms with Gasteiger partial charge in [-0.1, -0.05) is 18.2 Å². The van der Waals surface area contributed by atoms with E-state index in [0.29, 0.717) is 28.6 Å². The first-order valence-electron chi connectivity index (χ1n) is 11.2. The monoisotopic (exact) mass is 494 g/mol. The van der Waals surface area contributed by atoms with Gasteiger partial charge in [-0.15, -0.1) is 0 Å². The number of furan rings is 1. The van der Waals surface area contributed by atoms with Crippen molar-refractivity contribution in [3.05, 3.63) is 64.3 Å². The number of thioether (sulfide) groups is 1. The van der Waals surface area contributed by atoms with Crippen LogP contribution in [0.25, 0.3) is 17.0 Å². The third-order valence-corrected chi connectivity index (χ3v) is 6.39. The number of benzene rings is 2. The Hall–Kier alpha value is -3.72. The largest absolute Gasteiger partial charge is 0.493 e. The van der Waals surface area contributed by atoms with Crippen LogP contribution in [0.4, 0.5) is 4.79 Å². The molecule has 3 aromatic rings. The van der Waals surface area contributed by atoms with E-state index in [1.165, 1.54) is 0 Å². The van der Waals surface area contributed by atoms with E-state index in [4.69, 9.17) is 13.9 Å². The fourth-order valence-electron chi connectivity index (χ4n) is 3.76. The van der Waals surface area contributed by atoms with Crippen LogP contribution in [0.2, 0.25) is 0 Å².